The summed E-state index contributed by atoms with van der Waals surface area (Å²) in [5.74, 6) is -0.715. The molecule has 1 heterocycles. The van der Waals surface area contributed by atoms with Crippen molar-refractivity contribution in [3.63, 3.8) is 0 Å². The monoisotopic (exact) mass is 533 g/mol. The Hall–Kier alpha value is -4.45. The van der Waals surface area contributed by atoms with Gasteiger partial charge in [0.25, 0.3) is 5.91 Å². The van der Waals surface area contributed by atoms with E-state index in [0.717, 1.165) is 33.2 Å². The first-order valence-corrected chi connectivity index (χ1v) is 13.7. The summed E-state index contributed by atoms with van der Waals surface area (Å²) in [4.78, 5) is 44.7. The first kappa shape index (κ1) is 27.1. The Morgan fingerprint density at radius 3 is 2.20 bits per heavy atom. The van der Waals surface area contributed by atoms with Crippen LogP contribution in [-0.4, -0.2) is 40.7 Å². The molecule has 0 radical (unpaired) electrons. The van der Waals surface area contributed by atoms with Gasteiger partial charge in [-0.15, -0.1) is 0 Å². The Balaban J connectivity index is 1.52. The average molecular weight is 534 g/mol. The summed E-state index contributed by atoms with van der Waals surface area (Å²) in [7, 11) is 0. The number of hydrogen-bond acceptors (Lipinski definition) is 3. The predicted molar refractivity (Wildman–Crippen MR) is 159 cm³/mol. The lowest BCUT2D eigenvalue weighted by Gasteiger charge is -2.34. The molecule has 0 bridgehead atoms. The molecule has 0 saturated carbocycles. The Morgan fingerprint density at radius 2 is 1.52 bits per heavy atom. The number of carbonyl (C=O) groups is 3. The highest BCUT2D eigenvalue weighted by atomic mass is 16.2. The van der Waals surface area contributed by atoms with Crippen molar-refractivity contribution in [2.24, 2.45) is 0 Å². The van der Waals surface area contributed by atoms with Crippen LogP contribution in [0.4, 0.5) is 5.69 Å². The topological polar surface area (TPSA) is 69.7 Å². The zero-order valence-corrected chi connectivity index (χ0v) is 23.5. The van der Waals surface area contributed by atoms with Gasteiger partial charge in [0, 0.05) is 29.5 Å². The first-order chi connectivity index (χ1) is 19.1. The first-order valence-electron chi connectivity index (χ1n) is 13.7. The highest BCUT2D eigenvalue weighted by Gasteiger charge is 2.36. The molecule has 1 atom stereocenters. The number of rotatable bonds is 8. The van der Waals surface area contributed by atoms with Gasteiger partial charge >= 0.3 is 0 Å². The Labute approximate surface area is 235 Å². The molecule has 0 saturated heterocycles. The Bertz CT molecular complexity index is 1550. The summed E-state index contributed by atoms with van der Waals surface area (Å²) in [6.45, 7) is 7.88. The molecule has 4 aromatic rings. The lowest BCUT2D eigenvalue weighted by molar-refractivity contribution is -0.140. The molecule has 0 spiro atoms. The maximum absolute atomic E-state index is 14.2. The average Bonchev–Trinajstić information content (AvgIpc) is 3.19. The molecule has 1 N–H and O–H groups in total. The minimum Gasteiger partial charge on any atom is -0.350 e. The molecule has 6 heteroatoms. The quantitative estimate of drug-likeness (QED) is 0.318. The normalized spacial score (nSPS) is 13.4. The van der Waals surface area contributed by atoms with Crippen LogP contribution in [0.25, 0.3) is 10.8 Å². The summed E-state index contributed by atoms with van der Waals surface area (Å²) >= 11 is 0. The molecule has 40 heavy (non-hydrogen) atoms. The second kappa shape index (κ2) is 11.0. The van der Waals surface area contributed by atoms with E-state index in [9.17, 15) is 14.4 Å². The molecule has 1 aliphatic rings. The molecule has 5 rings (SSSR count). The number of nitrogens with one attached hydrogen (secondary N) is 1. The molecule has 6 nitrogen and oxygen atoms in total. The van der Waals surface area contributed by atoms with Gasteiger partial charge in [0.2, 0.25) is 11.8 Å². The van der Waals surface area contributed by atoms with E-state index in [-0.39, 0.29) is 30.8 Å². The Kier molecular flexibility index (Phi) is 7.44. The van der Waals surface area contributed by atoms with Crippen LogP contribution in [0.2, 0.25) is 0 Å². The Morgan fingerprint density at radius 1 is 0.850 bits per heavy atom. The van der Waals surface area contributed by atoms with E-state index in [1.807, 2.05) is 113 Å². The van der Waals surface area contributed by atoms with E-state index < -0.39 is 11.6 Å². The van der Waals surface area contributed by atoms with Crippen LogP contribution in [0.15, 0.2) is 91.0 Å². The summed E-state index contributed by atoms with van der Waals surface area (Å²) in [5.41, 5.74) is 3.82. The highest BCUT2D eigenvalue weighted by molar-refractivity contribution is 6.26. The fraction of sp³-hybridized carbons (Fsp3) is 0.265. The van der Waals surface area contributed by atoms with Crippen molar-refractivity contribution in [2.75, 3.05) is 11.4 Å². The number of nitrogens with zero attached hydrogens (tertiary/aromatic N) is 2. The van der Waals surface area contributed by atoms with E-state index in [1.165, 1.54) is 0 Å². The molecule has 0 unspecified atom stereocenters. The van der Waals surface area contributed by atoms with Gasteiger partial charge in [-0.1, -0.05) is 84.4 Å². The van der Waals surface area contributed by atoms with Gasteiger partial charge < -0.3 is 10.2 Å². The molecule has 0 aromatic heterocycles. The van der Waals surface area contributed by atoms with Gasteiger partial charge in [0.1, 0.15) is 12.6 Å². The zero-order valence-electron chi connectivity index (χ0n) is 23.5. The van der Waals surface area contributed by atoms with E-state index in [4.69, 9.17) is 0 Å². The van der Waals surface area contributed by atoms with Gasteiger partial charge in [-0.3, -0.25) is 19.3 Å². The van der Waals surface area contributed by atoms with E-state index in [1.54, 1.807) is 15.9 Å². The number of aryl methyl sites for hydroxylation is 1. The maximum Gasteiger partial charge on any atom is 0.259 e. The van der Waals surface area contributed by atoms with Crippen molar-refractivity contribution < 1.29 is 14.4 Å². The number of hydrogen-bond donors (Lipinski definition) is 1. The fourth-order valence-corrected chi connectivity index (χ4v) is 5.26. The molecular formula is C34H35N3O3. The summed E-state index contributed by atoms with van der Waals surface area (Å²) in [6, 6.07) is 28.3. The molecule has 0 aliphatic carbocycles. The van der Waals surface area contributed by atoms with Crippen LogP contribution >= 0.6 is 0 Å². The van der Waals surface area contributed by atoms with Crippen LogP contribution in [-0.2, 0) is 22.6 Å². The lowest BCUT2D eigenvalue weighted by Crippen LogP contribution is -2.56. The summed E-state index contributed by atoms with van der Waals surface area (Å²) in [6.07, 6.45) is 0.351. The van der Waals surface area contributed by atoms with E-state index >= 15 is 0 Å². The van der Waals surface area contributed by atoms with Crippen LogP contribution in [0.1, 0.15) is 47.8 Å². The van der Waals surface area contributed by atoms with Crippen molar-refractivity contribution in [3.8, 4) is 0 Å². The van der Waals surface area contributed by atoms with Crippen molar-refractivity contribution in [1.82, 2.24) is 10.2 Å². The third kappa shape index (κ3) is 5.76. The van der Waals surface area contributed by atoms with E-state index in [2.05, 4.69) is 5.32 Å². The van der Waals surface area contributed by atoms with Crippen LogP contribution in [0.5, 0.6) is 0 Å². The van der Waals surface area contributed by atoms with Crippen molar-refractivity contribution in [1.29, 1.82) is 0 Å². The minimum atomic E-state index is -0.772. The van der Waals surface area contributed by atoms with Crippen LogP contribution < -0.4 is 10.2 Å². The van der Waals surface area contributed by atoms with Gasteiger partial charge in [0.05, 0.1) is 5.69 Å². The third-order valence-corrected chi connectivity index (χ3v) is 7.19. The molecule has 4 aromatic carbocycles. The summed E-state index contributed by atoms with van der Waals surface area (Å²) in [5, 5.41) is 4.91. The molecule has 0 fully saturated rings. The largest absolute Gasteiger partial charge is 0.350 e. The van der Waals surface area contributed by atoms with E-state index in [0.29, 0.717) is 12.0 Å². The predicted octanol–water partition coefficient (Wildman–Crippen LogP) is 5.66. The van der Waals surface area contributed by atoms with Gasteiger partial charge in [-0.2, -0.15) is 0 Å². The lowest BCUT2D eigenvalue weighted by atomic mass is 10.0. The minimum absolute atomic E-state index is 0.160. The number of benzene rings is 4. The van der Waals surface area contributed by atoms with Crippen LogP contribution in [0, 0.1) is 6.92 Å². The molecule has 3 amide bonds. The molecule has 204 valence electrons. The zero-order chi connectivity index (χ0) is 28.4. The maximum atomic E-state index is 14.2. The second-order valence-electron chi connectivity index (χ2n) is 11.5. The van der Waals surface area contributed by atoms with Gasteiger partial charge in [-0.05, 0) is 56.3 Å². The number of amides is 3. The third-order valence-electron chi connectivity index (χ3n) is 7.19. The number of anilines is 1. The molecular weight excluding hydrogens is 498 g/mol. The van der Waals surface area contributed by atoms with Gasteiger partial charge in [-0.25, -0.2) is 0 Å². The van der Waals surface area contributed by atoms with Crippen LogP contribution in [0.3, 0.4) is 0 Å². The number of carbonyl (C=O) groups excluding carboxylic acids is 3. The van der Waals surface area contributed by atoms with Crippen molar-refractivity contribution >= 4 is 34.2 Å². The van der Waals surface area contributed by atoms with Crippen molar-refractivity contribution in [2.45, 2.75) is 52.2 Å². The standard InChI is InChI=1S/C34H35N3O3/c1-23-16-18-25(19-17-23)21-36(29(32(39)35-34(2,3)4)20-24-10-6-5-7-11-24)30(38)22-37-28-15-9-13-26-12-8-14-27(31(26)28)33(37)40/h5-19,29H,20-22H2,1-4H3,(H,35,39)/t29-/m1/s1. The fourth-order valence-electron chi connectivity index (χ4n) is 5.26. The summed E-state index contributed by atoms with van der Waals surface area (Å²) < 4.78 is 0. The highest BCUT2D eigenvalue weighted by Crippen LogP contribution is 2.37. The van der Waals surface area contributed by atoms with Crippen molar-refractivity contribution in [3.05, 3.63) is 113 Å². The SMILES string of the molecule is Cc1ccc(CN(C(=O)CN2C(=O)c3cccc4cccc2c34)[C@H](Cc2ccccc2)C(=O)NC(C)(C)C)cc1. The second-order valence-corrected chi connectivity index (χ2v) is 11.5. The smallest absolute Gasteiger partial charge is 0.259 e. The molecule has 1 aliphatic heterocycles. The van der Waals surface area contributed by atoms with Gasteiger partial charge in [0.15, 0.2) is 0 Å².